The van der Waals surface area contributed by atoms with E-state index in [1.807, 2.05) is 13.0 Å². The Morgan fingerprint density at radius 3 is 2.72 bits per heavy atom. The molecule has 1 atom stereocenters. The molecule has 1 aliphatic carbocycles. The zero-order valence-corrected chi connectivity index (χ0v) is 21.6. The average molecular weight is 527 g/mol. The Balaban J connectivity index is 1.30. The zero-order valence-electron chi connectivity index (χ0n) is 21.6. The molecule has 200 valence electrons. The number of amides is 1. The van der Waals surface area contributed by atoms with Gasteiger partial charge in [-0.2, -0.15) is 10.2 Å². The van der Waals surface area contributed by atoms with E-state index >= 15 is 0 Å². The number of carbonyl (C=O) groups excluding carboxylic acids is 1. The van der Waals surface area contributed by atoms with Gasteiger partial charge in [-0.25, -0.2) is 9.78 Å². The number of H-pyrrole nitrogens is 1. The number of fused-ring (bicyclic) bond motifs is 2. The number of nitrogens with one attached hydrogen (secondary N) is 2. The van der Waals surface area contributed by atoms with Gasteiger partial charge in [0, 0.05) is 40.7 Å². The lowest BCUT2D eigenvalue weighted by atomic mass is 9.94. The van der Waals surface area contributed by atoms with Gasteiger partial charge in [0.2, 0.25) is 0 Å². The van der Waals surface area contributed by atoms with Crippen molar-refractivity contribution in [3.05, 3.63) is 65.2 Å². The molecule has 4 aromatic rings. The first-order chi connectivity index (χ1) is 18.9. The summed E-state index contributed by atoms with van der Waals surface area (Å²) in [7, 11) is 0. The number of hydrogen-bond acceptors (Lipinski definition) is 6. The lowest BCUT2D eigenvalue weighted by Gasteiger charge is -2.26. The third-order valence-electron chi connectivity index (χ3n) is 7.83. The standard InChI is InChI=1S/C29H30N6O4/c1-16-22(15-31-34-16)27-32-24-11-17(7-10-26(24)35(27)19-5-3-2-4-6-19)28(37)33-25(29(38)39)12-18-14-30-23-9-8-20(36)13-21(18)23/h7-11,13-14,19,25,30,36H,2-6,12,15H2,1H3,(H,33,37)(H,38,39)/t25-/m0/s1. The molecule has 10 heteroatoms. The van der Waals surface area contributed by atoms with Gasteiger partial charge < -0.3 is 25.1 Å². The minimum atomic E-state index is -1.15. The van der Waals surface area contributed by atoms with Crippen LogP contribution in [0.4, 0.5) is 0 Å². The van der Waals surface area contributed by atoms with Crippen molar-refractivity contribution >= 4 is 39.4 Å². The van der Waals surface area contributed by atoms with E-state index in [0.717, 1.165) is 41.0 Å². The predicted molar refractivity (Wildman–Crippen MR) is 147 cm³/mol. The molecule has 0 unspecified atom stereocenters. The highest BCUT2D eigenvalue weighted by atomic mass is 16.4. The topological polar surface area (TPSA) is 145 Å². The van der Waals surface area contributed by atoms with Crippen LogP contribution in [0.15, 0.2) is 58.5 Å². The number of phenols is 1. The van der Waals surface area contributed by atoms with Gasteiger partial charge in [0.15, 0.2) is 0 Å². The quantitative estimate of drug-likeness (QED) is 0.256. The van der Waals surface area contributed by atoms with Gasteiger partial charge >= 0.3 is 5.97 Å². The monoisotopic (exact) mass is 526 g/mol. The smallest absolute Gasteiger partial charge is 0.326 e. The van der Waals surface area contributed by atoms with Crippen molar-refractivity contribution in [3.8, 4) is 5.75 Å². The minimum absolute atomic E-state index is 0.0632. The number of allylic oxidation sites excluding steroid dienone is 1. The van der Waals surface area contributed by atoms with Crippen LogP contribution < -0.4 is 5.32 Å². The number of imidazole rings is 1. The summed E-state index contributed by atoms with van der Waals surface area (Å²) >= 11 is 0. The van der Waals surface area contributed by atoms with E-state index in [9.17, 15) is 19.8 Å². The fourth-order valence-corrected chi connectivity index (χ4v) is 5.78. The molecular weight excluding hydrogens is 496 g/mol. The zero-order chi connectivity index (χ0) is 27.1. The summed E-state index contributed by atoms with van der Waals surface area (Å²) < 4.78 is 2.29. The van der Waals surface area contributed by atoms with Crippen LogP contribution in [0.5, 0.6) is 5.75 Å². The first-order valence-electron chi connectivity index (χ1n) is 13.3. The number of rotatable bonds is 7. The Labute approximate surface area is 224 Å². The Kier molecular flexibility index (Phi) is 6.38. The molecule has 0 spiro atoms. The van der Waals surface area contributed by atoms with E-state index in [2.05, 4.69) is 25.1 Å². The van der Waals surface area contributed by atoms with Crippen molar-refractivity contribution in [1.29, 1.82) is 0 Å². The molecule has 6 rings (SSSR count). The second kappa shape index (κ2) is 10.0. The highest BCUT2D eigenvalue weighted by Gasteiger charge is 2.27. The lowest BCUT2D eigenvalue weighted by molar-refractivity contribution is -0.139. The number of azo groups is 1. The summed E-state index contributed by atoms with van der Waals surface area (Å²) in [4.78, 5) is 33.4. The Morgan fingerprint density at radius 1 is 1.15 bits per heavy atom. The number of aliphatic carboxylic acids is 1. The van der Waals surface area contributed by atoms with Gasteiger partial charge in [-0.3, -0.25) is 4.79 Å². The fraction of sp³-hybridized carbons (Fsp3) is 0.345. The summed E-state index contributed by atoms with van der Waals surface area (Å²) in [6.45, 7) is 2.43. The summed E-state index contributed by atoms with van der Waals surface area (Å²) in [5, 5.41) is 31.5. The van der Waals surface area contributed by atoms with E-state index in [1.54, 1.807) is 36.5 Å². The van der Waals surface area contributed by atoms with E-state index in [-0.39, 0.29) is 12.2 Å². The normalized spacial score (nSPS) is 16.8. The number of hydrogen-bond donors (Lipinski definition) is 4. The van der Waals surface area contributed by atoms with E-state index in [4.69, 9.17) is 4.98 Å². The van der Waals surface area contributed by atoms with Crippen LogP contribution in [0.3, 0.4) is 0 Å². The van der Waals surface area contributed by atoms with Crippen molar-refractivity contribution in [1.82, 2.24) is 19.9 Å². The second-order valence-corrected chi connectivity index (χ2v) is 10.4. The number of carbonyl (C=O) groups is 2. The van der Waals surface area contributed by atoms with Gasteiger partial charge in [-0.1, -0.05) is 19.3 Å². The molecule has 1 amide bonds. The van der Waals surface area contributed by atoms with Gasteiger partial charge in [-0.05, 0) is 61.7 Å². The Morgan fingerprint density at radius 2 is 1.97 bits per heavy atom. The van der Waals surface area contributed by atoms with Crippen LogP contribution in [-0.2, 0) is 11.2 Å². The van der Waals surface area contributed by atoms with E-state index < -0.39 is 17.9 Å². The van der Waals surface area contributed by atoms with Crippen molar-refractivity contribution in [2.75, 3.05) is 6.54 Å². The van der Waals surface area contributed by atoms with Crippen LogP contribution >= 0.6 is 0 Å². The number of aromatic hydroxyl groups is 1. The van der Waals surface area contributed by atoms with Gasteiger partial charge in [0.1, 0.15) is 17.6 Å². The van der Waals surface area contributed by atoms with Gasteiger partial charge in [0.05, 0.1) is 23.3 Å². The number of benzene rings is 2. The molecule has 0 bridgehead atoms. The predicted octanol–water partition coefficient (Wildman–Crippen LogP) is 5.35. The molecule has 0 saturated heterocycles. The molecule has 39 heavy (non-hydrogen) atoms. The highest BCUT2D eigenvalue weighted by Crippen LogP contribution is 2.36. The summed E-state index contributed by atoms with van der Waals surface area (Å²) in [5.41, 5.74) is 5.31. The Hall–Kier alpha value is -4.47. The number of nitrogens with zero attached hydrogens (tertiary/aromatic N) is 4. The molecule has 4 N–H and O–H groups in total. The van der Waals surface area contributed by atoms with Crippen LogP contribution in [0, 0.1) is 0 Å². The third kappa shape index (κ3) is 4.67. The SMILES string of the molecule is CC1=C(c2nc3cc(C(=O)N[C@@H](Cc4c[nH]c5ccc(O)cc45)C(=O)O)ccc3n2C2CCCCC2)CN=N1. The molecule has 2 aromatic carbocycles. The van der Waals surface area contributed by atoms with Gasteiger partial charge in [0.25, 0.3) is 5.91 Å². The number of aromatic nitrogens is 3. The number of carboxylic acids is 1. The molecule has 1 saturated carbocycles. The molecule has 1 aliphatic heterocycles. The molecule has 2 aromatic heterocycles. The number of phenolic OH excluding ortho intramolecular Hbond substituents is 1. The van der Waals surface area contributed by atoms with Crippen molar-refractivity contribution in [3.63, 3.8) is 0 Å². The maximum Gasteiger partial charge on any atom is 0.326 e. The number of aromatic amines is 1. The summed E-state index contributed by atoms with van der Waals surface area (Å²) in [5.74, 6) is -0.686. The molecular formula is C29H30N6O4. The van der Waals surface area contributed by atoms with Crippen LogP contribution in [0.25, 0.3) is 27.5 Å². The second-order valence-electron chi connectivity index (χ2n) is 10.4. The largest absolute Gasteiger partial charge is 0.508 e. The molecule has 0 radical (unpaired) electrons. The van der Waals surface area contributed by atoms with Gasteiger partial charge in [-0.15, -0.1) is 0 Å². The number of carboxylic acid groups (broad SMARTS) is 1. The fourth-order valence-electron chi connectivity index (χ4n) is 5.78. The van der Waals surface area contributed by atoms with Crippen LogP contribution in [0.2, 0.25) is 0 Å². The minimum Gasteiger partial charge on any atom is -0.508 e. The molecule has 10 nitrogen and oxygen atoms in total. The Bertz CT molecular complexity index is 1660. The van der Waals surface area contributed by atoms with Crippen LogP contribution in [-0.4, -0.2) is 49.2 Å². The van der Waals surface area contributed by atoms with E-state index in [1.165, 1.54) is 19.3 Å². The molecule has 2 aliphatic rings. The lowest BCUT2D eigenvalue weighted by Crippen LogP contribution is -2.42. The van der Waals surface area contributed by atoms with Crippen molar-refractivity contribution < 1.29 is 19.8 Å². The third-order valence-corrected chi connectivity index (χ3v) is 7.83. The summed E-state index contributed by atoms with van der Waals surface area (Å²) in [6.07, 6.45) is 7.50. The first kappa shape index (κ1) is 24.8. The average Bonchev–Trinajstić information content (AvgIpc) is 3.64. The van der Waals surface area contributed by atoms with Crippen LogP contribution in [0.1, 0.15) is 66.8 Å². The maximum atomic E-state index is 13.3. The van der Waals surface area contributed by atoms with E-state index in [0.29, 0.717) is 34.6 Å². The van der Waals surface area contributed by atoms with Crippen molar-refractivity contribution in [2.24, 2.45) is 10.2 Å². The molecule has 1 fully saturated rings. The maximum absolute atomic E-state index is 13.3. The van der Waals surface area contributed by atoms with Crippen molar-refractivity contribution in [2.45, 2.75) is 57.5 Å². The highest BCUT2D eigenvalue weighted by molar-refractivity contribution is 5.99. The molecule has 3 heterocycles. The first-order valence-corrected chi connectivity index (χ1v) is 13.3. The summed E-state index contributed by atoms with van der Waals surface area (Å²) in [6, 6.07) is 9.41.